The lowest BCUT2D eigenvalue weighted by molar-refractivity contribution is -0.287. The number of ether oxygens (including phenoxy) is 1. The van der Waals surface area contributed by atoms with Gasteiger partial charge in [0.15, 0.2) is 0 Å². The molecule has 0 aromatic carbocycles. The lowest BCUT2D eigenvalue weighted by Crippen LogP contribution is -2.66. The van der Waals surface area contributed by atoms with Gasteiger partial charge in [-0.2, -0.15) is 5.06 Å². The first kappa shape index (κ1) is 14.5. The number of hydrogen-bond acceptors (Lipinski definition) is 4. The monoisotopic (exact) mass is 243 g/mol. The van der Waals surface area contributed by atoms with Gasteiger partial charge in [-0.25, -0.2) is 0 Å². The Morgan fingerprint density at radius 2 is 2.00 bits per heavy atom. The zero-order valence-electron chi connectivity index (χ0n) is 11.6. The molecule has 1 heterocycles. The SMILES string of the molecule is CCC1(C)CC(OC=O)C(C)C(C)(CC)N1O. The third-order valence-corrected chi connectivity index (χ3v) is 4.88. The normalized spacial score (nSPS) is 43.4. The van der Waals surface area contributed by atoms with Gasteiger partial charge in [0, 0.05) is 23.4 Å². The van der Waals surface area contributed by atoms with Crippen molar-refractivity contribution in [1.29, 1.82) is 0 Å². The van der Waals surface area contributed by atoms with Crippen molar-refractivity contribution in [1.82, 2.24) is 5.06 Å². The van der Waals surface area contributed by atoms with Crippen molar-refractivity contribution in [2.45, 2.75) is 71.1 Å². The molecular formula is C13H25NO3. The molecule has 0 aromatic rings. The van der Waals surface area contributed by atoms with E-state index in [9.17, 15) is 10.0 Å². The molecule has 4 nitrogen and oxygen atoms in total. The molecule has 4 atom stereocenters. The van der Waals surface area contributed by atoms with Crippen molar-refractivity contribution in [3.63, 3.8) is 0 Å². The first-order valence-electron chi connectivity index (χ1n) is 6.44. The Morgan fingerprint density at radius 3 is 2.41 bits per heavy atom. The summed E-state index contributed by atoms with van der Waals surface area (Å²) in [5, 5.41) is 12.0. The lowest BCUT2D eigenvalue weighted by atomic mass is 9.69. The Morgan fingerprint density at radius 1 is 1.41 bits per heavy atom. The van der Waals surface area contributed by atoms with Crippen molar-refractivity contribution >= 4 is 6.47 Å². The highest BCUT2D eigenvalue weighted by Crippen LogP contribution is 2.45. The van der Waals surface area contributed by atoms with E-state index in [0.29, 0.717) is 12.9 Å². The van der Waals surface area contributed by atoms with Crippen LogP contribution in [0.25, 0.3) is 0 Å². The van der Waals surface area contributed by atoms with Gasteiger partial charge in [0.25, 0.3) is 6.47 Å². The summed E-state index contributed by atoms with van der Waals surface area (Å²) in [5.41, 5.74) is -0.679. The highest BCUT2D eigenvalue weighted by molar-refractivity contribution is 5.37. The van der Waals surface area contributed by atoms with Crippen molar-refractivity contribution in [2.75, 3.05) is 0 Å². The summed E-state index contributed by atoms with van der Waals surface area (Å²) < 4.78 is 5.22. The average molecular weight is 243 g/mol. The molecule has 1 fully saturated rings. The van der Waals surface area contributed by atoms with E-state index in [1.54, 1.807) is 0 Å². The van der Waals surface area contributed by atoms with E-state index < -0.39 is 0 Å². The smallest absolute Gasteiger partial charge is 0.293 e. The number of piperidine rings is 1. The minimum absolute atomic E-state index is 0.113. The maximum atomic E-state index is 10.6. The molecule has 0 aromatic heterocycles. The molecule has 0 spiro atoms. The molecule has 0 aliphatic carbocycles. The number of nitrogens with zero attached hydrogens (tertiary/aromatic N) is 1. The molecule has 1 rings (SSSR count). The van der Waals surface area contributed by atoms with E-state index in [1.807, 2.05) is 27.7 Å². The third kappa shape index (κ3) is 2.20. The van der Waals surface area contributed by atoms with Crippen LogP contribution in [-0.2, 0) is 9.53 Å². The van der Waals surface area contributed by atoms with Crippen LogP contribution < -0.4 is 0 Å². The van der Waals surface area contributed by atoms with Crippen molar-refractivity contribution in [3.05, 3.63) is 0 Å². The van der Waals surface area contributed by atoms with Crippen LogP contribution in [0.15, 0.2) is 0 Å². The van der Waals surface area contributed by atoms with E-state index in [1.165, 1.54) is 5.06 Å². The van der Waals surface area contributed by atoms with Crippen LogP contribution in [0.5, 0.6) is 0 Å². The Bertz CT molecular complexity index is 284. The maximum absolute atomic E-state index is 10.6. The Labute approximate surface area is 104 Å². The van der Waals surface area contributed by atoms with E-state index in [-0.39, 0.29) is 23.1 Å². The Kier molecular flexibility index (Phi) is 4.20. The molecule has 1 aliphatic rings. The van der Waals surface area contributed by atoms with Gasteiger partial charge in [0.1, 0.15) is 6.10 Å². The van der Waals surface area contributed by atoms with Gasteiger partial charge in [0.05, 0.1) is 0 Å². The number of rotatable bonds is 4. The van der Waals surface area contributed by atoms with Crippen LogP contribution >= 0.6 is 0 Å². The summed E-state index contributed by atoms with van der Waals surface area (Å²) in [6.45, 7) is 10.7. The standard InChI is InChI=1S/C13H25NO3/c1-6-12(4)8-11(17-9-15)10(3)13(5,7-2)14(12)16/h9-11,16H,6-8H2,1-5H3. The maximum Gasteiger partial charge on any atom is 0.293 e. The fourth-order valence-corrected chi connectivity index (χ4v) is 2.91. The summed E-state index contributed by atoms with van der Waals surface area (Å²) in [4.78, 5) is 10.6. The minimum atomic E-state index is -0.351. The van der Waals surface area contributed by atoms with Gasteiger partial charge in [-0.3, -0.25) is 4.79 Å². The van der Waals surface area contributed by atoms with E-state index in [4.69, 9.17) is 4.74 Å². The third-order valence-electron chi connectivity index (χ3n) is 4.88. The molecule has 1 saturated heterocycles. The minimum Gasteiger partial charge on any atom is -0.464 e. The van der Waals surface area contributed by atoms with Crippen molar-refractivity contribution in [2.24, 2.45) is 5.92 Å². The molecule has 0 saturated carbocycles. The van der Waals surface area contributed by atoms with E-state index in [0.717, 1.165) is 12.8 Å². The van der Waals surface area contributed by atoms with Gasteiger partial charge in [-0.05, 0) is 26.7 Å². The summed E-state index contributed by atoms with van der Waals surface area (Å²) in [5.74, 6) is 0.113. The molecule has 0 radical (unpaired) electrons. The molecule has 17 heavy (non-hydrogen) atoms. The molecule has 4 heteroatoms. The van der Waals surface area contributed by atoms with Gasteiger partial charge < -0.3 is 9.94 Å². The van der Waals surface area contributed by atoms with Crippen molar-refractivity contribution < 1.29 is 14.7 Å². The second-order valence-electron chi connectivity index (χ2n) is 5.64. The fourth-order valence-electron chi connectivity index (χ4n) is 2.91. The second-order valence-corrected chi connectivity index (χ2v) is 5.64. The summed E-state index contributed by atoms with van der Waals surface area (Å²) in [6.07, 6.45) is 2.20. The summed E-state index contributed by atoms with van der Waals surface area (Å²) in [6, 6.07) is 0. The van der Waals surface area contributed by atoms with Gasteiger partial charge >= 0.3 is 0 Å². The Hall–Kier alpha value is -0.610. The Balaban J connectivity index is 3.08. The molecule has 100 valence electrons. The zero-order chi connectivity index (χ0) is 13.3. The summed E-state index contributed by atoms with van der Waals surface area (Å²) in [7, 11) is 0. The van der Waals surface area contributed by atoms with Crippen LogP contribution in [0.1, 0.15) is 53.9 Å². The molecule has 0 amide bonds. The van der Waals surface area contributed by atoms with Crippen LogP contribution in [0.3, 0.4) is 0 Å². The van der Waals surface area contributed by atoms with Crippen LogP contribution in [-0.4, -0.2) is 33.9 Å². The first-order valence-corrected chi connectivity index (χ1v) is 6.44. The largest absolute Gasteiger partial charge is 0.464 e. The highest BCUT2D eigenvalue weighted by Gasteiger charge is 2.53. The molecule has 4 unspecified atom stereocenters. The number of carbonyl (C=O) groups excluding carboxylic acids is 1. The molecule has 1 aliphatic heterocycles. The van der Waals surface area contributed by atoms with E-state index in [2.05, 4.69) is 6.92 Å². The first-order chi connectivity index (χ1) is 7.85. The van der Waals surface area contributed by atoms with Gasteiger partial charge in [-0.1, -0.05) is 20.8 Å². The number of carbonyl (C=O) groups is 1. The van der Waals surface area contributed by atoms with E-state index >= 15 is 0 Å². The summed E-state index contributed by atoms with van der Waals surface area (Å²) >= 11 is 0. The zero-order valence-corrected chi connectivity index (χ0v) is 11.6. The van der Waals surface area contributed by atoms with Crippen molar-refractivity contribution in [3.8, 4) is 0 Å². The average Bonchev–Trinajstić information content (AvgIpc) is 2.33. The number of hydroxylamine groups is 2. The quantitative estimate of drug-likeness (QED) is 0.771. The lowest BCUT2D eigenvalue weighted by Gasteiger charge is -2.56. The van der Waals surface area contributed by atoms with Gasteiger partial charge in [0.2, 0.25) is 0 Å². The molecular weight excluding hydrogens is 218 g/mol. The van der Waals surface area contributed by atoms with Crippen LogP contribution in [0.4, 0.5) is 0 Å². The second kappa shape index (κ2) is 4.94. The van der Waals surface area contributed by atoms with Crippen LogP contribution in [0.2, 0.25) is 0 Å². The fraction of sp³-hybridized carbons (Fsp3) is 0.923. The van der Waals surface area contributed by atoms with Gasteiger partial charge in [-0.15, -0.1) is 0 Å². The number of hydrogen-bond donors (Lipinski definition) is 1. The predicted octanol–water partition coefficient (Wildman–Crippen LogP) is 2.60. The molecule has 0 bridgehead atoms. The predicted molar refractivity (Wildman–Crippen MR) is 65.7 cm³/mol. The topological polar surface area (TPSA) is 49.8 Å². The molecule has 1 N–H and O–H groups in total. The highest BCUT2D eigenvalue weighted by atomic mass is 16.5. The van der Waals surface area contributed by atoms with Crippen LogP contribution in [0, 0.1) is 5.92 Å².